The summed E-state index contributed by atoms with van der Waals surface area (Å²) in [7, 11) is 0. The van der Waals surface area contributed by atoms with Crippen LogP contribution < -0.4 is 0 Å². The van der Waals surface area contributed by atoms with Crippen molar-refractivity contribution in [3.05, 3.63) is 10.4 Å². The molecule has 2 saturated heterocycles. The van der Waals surface area contributed by atoms with Gasteiger partial charge in [0.15, 0.2) is 6.10 Å². The van der Waals surface area contributed by atoms with Gasteiger partial charge < -0.3 is 18.9 Å². The number of carbonyl (C=O) groups excluding carboxylic acids is 3. The van der Waals surface area contributed by atoms with Crippen molar-refractivity contribution >= 4 is 17.9 Å². The van der Waals surface area contributed by atoms with Gasteiger partial charge in [-0.05, 0) is 5.53 Å². The van der Waals surface area contributed by atoms with Gasteiger partial charge in [0.05, 0.1) is 6.42 Å². The highest BCUT2D eigenvalue weighted by molar-refractivity contribution is 5.73. The first-order valence-electron chi connectivity index (χ1n) is 6.62. The number of nitrogens with zero attached hydrogens (tertiary/aromatic N) is 3. The summed E-state index contributed by atoms with van der Waals surface area (Å²) in [6, 6.07) is 0. The summed E-state index contributed by atoms with van der Waals surface area (Å²) in [5.74, 6) is -2.19. The first-order chi connectivity index (χ1) is 10.4. The Kier molecular flexibility index (Phi) is 4.84. The Morgan fingerprint density at radius 3 is 2.73 bits per heavy atom. The topological polar surface area (TPSA) is 137 Å². The molecular formula is C12H15N3O7. The number of hydrogen-bond donors (Lipinski definition) is 0. The molecule has 0 bridgehead atoms. The second-order valence-corrected chi connectivity index (χ2v) is 4.97. The largest absolute Gasteiger partial charge is 0.463 e. The summed E-state index contributed by atoms with van der Waals surface area (Å²) in [6.45, 7) is 2.20. The molecule has 0 aromatic heterocycles. The lowest BCUT2D eigenvalue weighted by atomic mass is 9.89. The van der Waals surface area contributed by atoms with Crippen molar-refractivity contribution in [1.82, 2.24) is 0 Å². The third kappa shape index (κ3) is 3.46. The SMILES string of the molecule is CC(=O)OC[C@H]1O[C@H](N=[N+]=[N-])[C@@H]2CC(=O)O[C@@H]2[C@@H]1OC(C)=O. The molecule has 22 heavy (non-hydrogen) atoms. The minimum Gasteiger partial charge on any atom is -0.463 e. The quantitative estimate of drug-likeness (QED) is 0.241. The van der Waals surface area contributed by atoms with Gasteiger partial charge in [-0.25, -0.2) is 0 Å². The fourth-order valence-corrected chi connectivity index (χ4v) is 2.57. The lowest BCUT2D eigenvalue weighted by Gasteiger charge is -2.40. The molecule has 2 aliphatic heterocycles. The Morgan fingerprint density at radius 2 is 2.14 bits per heavy atom. The number of fused-ring (bicyclic) bond motifs is 1. The molecule has 120 valence electrons. The number of ether oxygens (including phenoxy) is 4. The molecule has 0 aliphatic carbocycles. The van der Waals surface area contributed by atoms with Crippen LogP contribution in [0.3, 0.4) is 0 Å². The Hall–Kier alpha value is -2.32. The highest BCUT2D eigenvalue weighted by atomic mass is 16.6. The van der Waals surface area contributed by atoms with Gasteiger partial charge in [-0.1, -0.05) is 5.11 Å². The van der Waals surface area contributed by atoms with Crippen molar-refractivity contribution in [1.29, 1.82) is 0 Å². The molecule has 0 aromatic carbocycles. The second-order valence-electron chi connectivity index (χ2n) is 4.97. The van der Waals surface area contributed by atoms with Gasteiger partial charge in [0, 0.05) is 24.7 Å². The van der Waals surface area contributed by atoms with Gasteiger partial charge in [0.25, 0.3) is 0 Å². The van der Waals surface area contributed by atoms with Crippen LogP contribution in [-0.2, 0) is 33.3 Å². The Labute approximate surface area is 125 Å². The first kappa shape index (κ1) is 16.1. The molecule has 2 rings (SSSR count). The van der Waals surface area contributed by atoms with Gasteiger partial charge >= 0.3 is 17.9 Å². The summed E-state index contributed by atoms with van der Waals surface area (Å²) in [5.41, 5.74) is 8.60. The van der Waals surface area contributed by atoms with E-state index < -0.39 is 48.4 Å². The van der Waals surface area contributed by atoms with Gasteiger partial charge in [-0.3, -0.25) is 14.4 Å². The van der Waals surface area contributed by atoms with Crippen LogP contribution in [0.1, 0.15) is 20.3 Å². The fraction of sp³-hybridized carbons (Fsp3) is 0.750. The van der Waals surface area contributed by atoms with Crippen molar-refractivity contribution in [2.75, 3.05) is 6.61 Å². The normalized spacial score (nSPS) is 33.2. The predicted molar refractivity (Wildman–Crippen MR) is 68.0 cm³/mol. The molecule has 10 nitrogen and oxygen atoms in total. The monoisotopic (exact) mass is 313 g/mol. The average molecular weight is 313 g/mol. The molecule has 10 heteroatoms. The molecule has 0 amide bonds. The van der Waals surface area contributed by atoms with Crippen LogP contribution >= 0.6 is 0 Å². The number of carbonyl (C=O) groups is 3. The predicted octanol–water partition coefficient (Wildman–Crippen LogP) is 0.448. The number of hydrogen-bond acceptors (Lipinski definition) is 8. The van der Waals surface area contributed by atoms with Crippen LogP contribution in [0.5, 0.6) is 0 Å². The van der Waals surface area contributed by atoms with Crippen molar-refractivity contribution in [3.63, 3.8) is 0 Å². The van der Waals surface area contributed by atoms with Gasteiger partial charge in [-0.15, -0.1) is 0 Å². The highest BCUT2D eigenvalue weighted by Gasteiger charge is 2.54. The lowest BCUT2D eigenvalue weighted by molar-refractivity contribution is -0.216. The van der Waals surface area contributed by atoms with E-state index in [1.54, 1.807) is 0 Å². The van der Waals surface area contributed by atoms with E-state index in [1.165, 1.54) is 13.8 Å². The number of azide groups is 1. The van der Waals surface area contributed by atoms with E-state index in [4.69, 9.17) is 24.5 Å². The van der Waals surface area contributed by atoms with E-state index in [0.717, 1.165) is 0 Å². The van der Waals surface area contributed by atoms with Crippen LogP contribution in [0.25, 0.3) is 10.4 Å². The van der Waals surface area contributed by atoms with E-state index in [9.17, 15) is 14.4 Å². The summed E-state index contributed by atoms with van der Waals surface area (Å²) in [5, 5.41) is 3.50. The minimum absolute atomic E-state index is 0.00754. The van der Waals surface area contributed by atoms with Crippen molar-refractivity contribution in [2.24, 2.45) is 11.0 Å². The molecule has 2 aliphatic rings. The smallest absolute Gasteiger partial charge is 0.306 e. The number of rotatable bonds is 4. The van der Waals surface area contributed by atoms with E-state index in [2.05, 4.69) is 10.0 Å². The Morgan fingerprint density at radius 1 is 1.41 bits per heavy atom. The summed E-state index contributed by atoms with van der Waals surface area (Å²) < 4.78 is 20.7. The molecule has 0 aromatic rings. The van der Waals surface area contributed by atoms with Crippen molar-refractivity contribution < 1.29 is 33.3 Å². The van der Waals surface area contributed by atoms with E-state index in [1.807, 2.05) is 0 Å². The van der Waals surface area contributed by atoms with Crippen LogP contribution in [0.2, 0.25) is 0 Å². The van der Waals surface area contributed by atoms with Crippen molar-refractivity contribution in [2.45, 2.75) is 44.8 Å². The van der Waals surface area contributed by atoms with E-state index in [0.29, 0.717) is 0 Å². The number of esters is 3. The van der Waals surface area contributed by atoms with Gasteiger partial charge in [-0.2, -0.15) is 0 Å². The van der Waals surface area contributed by atoms with Crippen LogP contribution in [0, 0.1) is 5.92 Å². The summed E-state index contributed by atoms with van der Waals surface area (Å²) in [6.07, 6.45) is -3.60. The van der Waals surface area contributed by atoms with E-state index >= 15 is 0 Å². The van der Waals surface area contributed by atoms with Gasteiger partial charge in [0.2, 0.25) is 0 Å². The molecule has 0 radical (unpaired) electrons. The standard InChI is InChI=1S/C12H15N3O7/c1-5(16)19-4-8-11(20-6(2)17)10-7(3-9(18)22-10)12(21-8)14-15-13/h7-8,10-12H,3-4H2,1-2H3/t7-,8-,10+,11-,12+/m1/s1. The van der Waals surface area contributed by atoms with Gasteiger partial charge in [0.1, 0.15) is 25.0 Å². The first-order valence-corrected chi connectivity index (χ1v) is 6.62. The lowest BCUT2D eigenvalue weighted by Crippen LogP contribution is -2.55. The highest BCUT2D eigenvalue weighted by Crippen LogP contribution is 2.38. The third-order valence-electron chi connectivity index (χ3n) is 3.38. The van der Waals surface area contributed by atoms with E-state index in [-0.39, 0.29) is 13.0 Å². The molecule has 2 heterocycles. The zero-order valence-corrected chi connectivity index (χ0v) is 12.0. The molecule has 0 N–H and O–H groups in total. The average Bonchev–Trinajstić information content (AvgIpc) is 2.81. The molecule has 0 saturated carbocycles. The third-order valence-corrected chi connectivity index (χ3v) is 3.38. The molecule has 2 fully saturated rings. The Balaban J connectivity index is 2.24. The molecule has 0 spiro atoms. The molecular weight excluding hydrogens is 298 g/mol. The molecule has 5 atom stereocenters. The maximum atomic E-state index is 11.5. The summed E-state index contributed by atoms with van der Waals surface area (Å²) >= 11 is 0. The zero-order chi connectivity index (χ0) is 16.3. The van der Waals surface area contributed by atoms with Crippen LogP contribution in [0.4, 0.5) is 0 Å². The molecule has 0 unspecified atom stereocenters. The minimum atomic E-state index is -0.964. The van der Waals surface area contributed by atoms with Crippen LogP contribution in [-0.4, -0.2) is 49.1 Å². The Bertz CT molecular complexity index is 531. The maximum absolute atomic E-state index is 11.5. The fourth-order valence-electron chi connectivity index (χ4n) is 2.57. The zero-order valence-electron chi connectivity index (χ0n) is 12.0. The van der Waals surface area contributed by atoms with Crippen molar-refractivity contribution in [3.8, 4) is 0 Å². The van der Waals surface area contributed by atoms with Crippen LogP contribution in [0.15, 0.2) is 5.11 Å². The maximum Gasteiger partial charge on any atom is 0.306 e. The summed E-state index contributed by atoms with van der Waals surface area (Å²) in [4.78, 5) is 36.4. The second kappa shape index (κ2) is 6.63.